The normalized spacial score (nSPS) is 23.0. The van der Waals surface area contributed by atoms with Crippen LogP contribution >= 0.6 is 11.6 Å². The second-order valence-electron chi connectivity index (χ2n) is 10.5. The molecule has 2 aliphatic heterocycles. The first kappa shape index (κ1) is 21.1. The topological polar surface area (TPSA) is 53.4 Å². The number of fused-ring (bicyclic) bond motifs is 7. The molecular weight excluding hydrogens is 448 g/mol. The van der Waals surface area contributed by atoms with Gasteiger partial charge in [0, 0.05) is 12.8 Å². The van der Waals surface area contributed by atoms with Crippen molar-refractivity contribution in [3.63, 3.8) is 0 Å². The molecule has 2 aromatic carbocycles. The van der Waals surface area contributed by atoms with Gasteiger partial charge in [0.2, 0.25) is 0 Å². The van der Waals surface area contributed by atoms with Crippen molar-refractivity contribution in [3.8, 4) is 5.69 Å². The van der Waals surface area contributed by atoms with Gasteiger partial charge in [0.25, 0.3) is 5.56 Å². The van der Waals surface area contributed by atoms with E-state index in [4.69, 9.17) is 26.1 Å². The lowest BCUT2D eigenvalue weighted by Crippen LogP contribution is -2.34. The highest BCUT2D eigenvalue weighted by Crippen LogP contribution is 2.53. The van der Waals surface area contributed by atoms with E-state index < -0.39 is 0 Å². The molecule has 3 fully saturated rings. The molecule has 0 atom stereocenters. The zero-order valence-corrected chi connectivity index (χ0v) is 20.1. The Kier molecular flexibility index (Phi) is 4.74. The van der Waals surface area contributed by atoms with Crippen LogP contribution in [0.25, 0.3) is 16.6 Å². The molecule has 3 aromatic rings. The fourth-order valence-corrected chi connectivity index (χ4v) is 7.37. The fraction of sp³-hybridized carbons (Fsp3) is 0.500. The predicted octanol–water partition coefficient (Wildman–Crippen LogP) is 6.00. The Labute approximate surface area is 204 Å². The lowest BCUT2D eigenvalue weighted by molar-refractivity contribution is -0.178. The van der Waals surface area contributed by atoms with E-state index in [9.17, 15) is 4.79 Å². The summed E-state index contributed by atoms with van der Waals surface area (Å²) in [6.07, 6.45) is 9.71. The van der Waals surface area contributed by atoms with Gasteiger partial charge >= 0.3 is 0 Å². The molecule has 2 aliphatic carbocycles. The van der Waals surface area contributed by atoms with Gasteiger partial charge in [-0.1, -0.05) is 49.1 Å². The first-order valence-electron chi connectivity index (χ1n) is 12.7. The van der Waals surface area contributed by atoms with Crippen molar-refractivity contribution in [1.29, 1.82) is 0 Å². The summed E-state index contributed by atoms with van der Waals surface area (Å²) in [5.41, 5.74) is 4.38. The van der Waals surface area contributed by atoms with Crippen LogP contribution in [0.15, 0.2) is 41.2 Å². The minimum Gasteiger partial charge on any atom is -0.348 e. The molecule has 2 saturated carbocycles. The quantitative estimate of drug-likeness (QED) is 0.432. The van der Waals surface area contributed by atoms with Crippen molar-refractivity contribution in [2.24, 2.45) is 0 Å². The number of rotatable bonds is 1. The first-order valence-corrected chi connectivity index (χ1v) is 13.1. The van der Waals surface area contributed by atoms with Gasteiger partial charge in [-0.15, -0.1) is 0 Å². The van der Waals surface area contributed by atoms with Gasteiger partial charge in [-0.25, -0.2) is 0 Å². The summed E-state index contributed by atoms with van der Waals surface area (Å²) in [4.78, 5) is 17.9. The maximum Gasteiger partial charge on any atom is 0.282 e. The van der Waals surface area contributed by atoms with E-state index in [0.717, 1.165) is 68.4 Å². The molecule has 0 bridgehead atoms. The molecule has 1 aromatic heterocycles. The number of benzene rings is 2. The lowest BCUT2D eigenvalue weighted by atomic mass is 9.69. The van der Waals surface area contributed by atoms with Gasteiger partial charge in [0.1, 0.15) is 5.82 Å². The van der Waals surface area contributed by atoms with E-state index in [0.29, 0.717) is 29.5 Å². The molecule has 5 nitrogen and oxygen atoms in total. The summed E-state index contributed by atoms with van der Waals surface area (Å²) in [5.74, 6) is 1.08. The van der Waals surface area contributed by atoms with Crippen molar-refractivity contribution in [2.45, 2.75) is 74.9 Å². The number of nitrogens with zero attached hydrogens (tertiary/aromatic N) is 2. The maximum absolute atomic E-state index is 13.1. The summed E-state index contributed by atoms with van der Waals surface area (Å²) in [7, 11) is 0. The molecule has 4 aliphatic rings. The maximum atomic E-state index is 13.1. The number of halogens is 1. The van der Waals surface area contributed by atoms with Gasteiger partial charge in [0.15, 0.2) is 5.79 Å². The summed E-state index contributed by atoms with van der Waals surface area (Å²) < 4.78 is 14.1. The number of ether oxygens (including phenoxy) is 2. The van der Waals surface area contributed by atoms with Crippen molar-refractivity contribution in [2.75, 3.05) is 13.2 Å². The second kappa shape index (κ2) is 7.64. The van der Waals surface area contributed by atoms with E-state index in [1.807, 2.05) is 12.1 Å². The highest BCUT2D eigenvalue weighted by molar-refractivity contribution is 6.35. The van der Waals surface area contributed by atoms with Crippen LogP contribution in [0.3, 0.4) is 0 Å². The van der Waals surface area contributed by atoms with E-state index in [2.05, 4.69) is 22.8 Å². The molecule has 1 saturated heterocycles. The average Bonchev–Trinajstić information content (AvgIpc) is 3.41. The van der Waals surface area contributed by atoms with Gasteiger partial charge in [0.05, 0.1) is 40.2 Å². The van der Waals surface area contributed by atoms with E-state index in [-0.39, 0.29) is 16.8 Å². The van der Waals surface area contributed by atoms with E-state index in [1.165, 1.54) is 17.5 Å². The summed E-state index contributed by atoms with van der Waals surface area (Å²) in [6.45, 7) is 1.43. The third-order valence-corrected chi connectivity index (χ3v) is 9.13. The highest BCUT2D eigenvalue weighted by Gasteiger charge is 2.47. The Hall–Kier alpha value is -2.21. The van der Waals surface area contributed by atoms with Crippen LogP contribution in [0.1, 0.15) is 80.7 Å². The van der Waals surface area contributed by atoms with Crippen LogP contribution in [-0.2, 0) is 14.9 Å². The minimum absolute atomic E-state index is 0.188. The molecule has 7 rings (SSSR count). The van der Waals surface area contributed by atoms with Crippen LogP contribution in [0.4, 0.5) is 0 Å². The first-order chi connectivity index (χ1) is 16.6. The average molecular weight is 477 g/mol. The van der Waals surface area contributed by atoms with Crippen LogP contribution in [-0.4, -0.2) is 28.6 Å². The number of aromatic nitrogens is 2. The molecule has 0 amide bonds. The molecule has 0 radical (unpaired) electrons. The van der Waals surface area contributed by atoms with Crippen LogP contribution in [0.5, 0.6) is 0 Å². The molecule has 34 heavy (non-hydrogen) atoms. The van der Waals surface area contributed by atoms with Crippen molar-refractivity contribution >= 4 is 22.5 Å². The third-order valence-electron chi connectivity index (χ3n) is 8.81. The van der Waals surface area contributed by atoms with Crippen molar-refractivity contribution in [1.82, 2.24) is 9.55 Å². The highest BCUT2D eigenvalue weighted by atomic mass is 35.5. The Morgan fingerprint density at radius 3 is 2.50 bits per heavy atom. The zero-order valence-electron chi connectivity index (χ0n) is 19.3. The van der Waals surface area contributed by atoms with Gasteiger partial charge in [-0.2, -0.15) is 4.98 Å². The molecule has 0 N–H and O–H groups in total. The standard InChI is InChI=1S/C28H29ClN2O3/c29-21-5-4-6-23-24(21)25(32)30-26-27(11-2-1-3-12-27)20-17-19(7-8-22(20)31(23)26)18-9-13-28(14-10-18)33-15-16-34-28/h4-8,17-18H,1-3,9-16H2. The predicted molar refractivity (Wildman–Crippen MR) is 132 cm³/mol. The van der Waals surface area contributed by atoms with Gasteiger partial charge in [-0.3, -0.25) is 9.36 Å². The van der Waals surface area contributed by atoms with Gasteiger partial charge in [-0.05, 0) is 60.9 Å². The largest absolute Gasteiger partial charge is 0.348 e. The molecule has 0 unspecified atom stereocenters. The Morgan fingerprint density at radius 1 is 0.971 bits per heavy atom. The minimum atomic E-state index is -0.337. The van der Waals surface area contributed by atoms with Gasteiger partial charge < -0.3 is 9.47 Å². The summed E-state index contributed by atoms with van der Waals surface area (Å²) in [6, 6.07) is 12.7. The third kappa shape index (κ3) is 2.93. The molecule has 3 heterocycles. The fourth-order valence-electron chi connectivity index (χ4n) is 7.12. The van der Waals surface area contributed by atoms with Crippen LogP contribution in [0.2, 0.25) is 5.02 Å². The van der Waals surface area contributed by atoms with Crippen LogP contribution < -0.4 is 5.56 Å². The Balaban J connectivity index is 1.37. The summed E-state index contributed by atoms with van der Waals surface area (Å²) >= 11 is 6.47. The SMILES string of the molecule is O=c1nc2n(c3cccc(Cl)c13)-c1ccc(C3CCC4(CC3)OCCO4)cc1C21CCCCC1. The monoisotopic (exact) mass is 476 g/mol. The van der Waals surface area contributed by atoms with E-state index >= 15 is 0 Å². The molecule has 176 valence electrons. The van der Waals surface area contributed by atoms with Crippen molar-refractivity contribution < 1.29 is 9.47 Å². The lowest BCUT2D eigenvalue weighted by Gasteiger charge is -2.36. The van der Waals surface area contributed by atoms with Crippen molar-refractivity contribution in [3.05, 3.63) is 68.7 Å². The smallest absolute Gasteiger partial charge is 0.282 e. The number of hydrogen-bond acceptors (Lipinski definition) is 4. The van der Waals surface area contributed by atoms with E-state index in [1.54, 1.807) is 6.07 Å². The summed E-state index contributed by atoms with van der Waals surface area (Å²) in [5, 5.41) is 0.991. The van der Waals surface area contributed by atoms with Crippen LogP contribution in [0, 0.1) is 0 Å². The second-order valence-corrected chi connectivity index (χ2v) is 10.9. The Bertz CT molecular complexity index is 1340. The Morgan fingerprint density at radius 2 is 1.74 bits per heavy atom. The molecular formula is C28H29ClN2O3. The zero-order chi connectivity index (χ0) is 22.9. The molecule has 2 spiro atoms. The number of hydrogen-bond donors (Lipinski definition) is 0. The molecule has 6 heteroatoms.